The van der Waals surface area contributed by atoms with E-state index in [1.165, 1.54) is 13.2 Å². The van der Waals surface area contributed by atoms with Crippen molar-refractivity contribution in [3.8, 4) is 17.2 Å². The summed E-state index contributed by atoms with van der Waals surface area (Å²) in [5, 5.41) is 2.70. The zero-order chi connectivity index (χ0) is 17.1. The molecule has 2 aromatic rings. The van der Waals surface area contributed by atoms with Gasteiger partial charge in [0.25, 0.3) is 5.91 Å². The van der Waals surface area contributed by atoms with Crippen LogP contribution < -0.4 is 25.0 Å². The Kier molecular flexibility index (Phi) is 4.41. The van der Waals surface area contributed by atoms with Crippen molar-refractivity contribution in [3.05, 3.63) is 51.6 Å². The van der Waals surface area contributed by atoms with Gasteiger partial charge in [-0.2, -0.15) is 0 Å². The van der Waals surface area contributed by atoms with E-state index in [-0.39, 0.29) is 17.7 Å². The van der Waals surface area contributed by atoms with E-state index < -0.39 is 5.91 Å². The van der Waals surface area contributed by atoms with Gasteiger partial charge in [0.1, 0.15) is 24.7 Å². The third-order valence-corrected chi connectivity index (χ3v) is 3.50. The van der Waals surface area contributed by atoms with Crippen LogP contribution in [0.25, 0.3) is 0 Å². The van der Waals surface area contributed by atoms with Crippen LogP contribution >= 0.6 is 0 Å². The largest absolute Gasteiger partial charge is 0.496 e. The third kappa shape index (κ3) is 3.34. The predicted octanol–water partition coefficient (Wildman–Crippen LogP) is 1.66. The molecular formula is C17H17NO6. The standard InChI is InChI=1S/C17H17NO6/c1-10-5-12(19)7-16(24-10)17(20)18-9-11-6-14-15(8-13(11)21-2)23-4-3-22-14/h5-8H,3-4,9H2,1-2H3,(H,18,20). The molecule has 0 spiro atoms. The van der Waals surface area contributed by atoms with E-state index in [9.17, 15) is 9.59 Å². The molecule has 126 valence electrons. The van der Waals surface area contributed by atoms with Gasteiger partial charge in [-0.25, -0.2) is 0 Å². The van der Waals surface area contributed by atoms with Gasteiger partial charge in [0.15, 0.2) is 22.7 Å². The molecule has 0 aliphatic carbocycles. The van der Waals surface area contributed by atoms with Crippen molar-refractivity contribution < 1.29 is 23.4 Å². The number of methoxy groups -OCH3 is 1. The Morgan fingerprint density at radius 2 is 1.88 bits per heavy atom. The fourth-order valence-corrected chi connectivity index (χ4v) is 2.42. The first kappa shape index (κ1) is 15.9. The molecule has 1 aliphatic rings. The van der Waals surface area contributed by atoms with Crippen LogP contribution in [-0.2, 0) is 6.54 Å². The summed E-state index contributed by atoms with van der Waals surface area (Å²) < 4.78 is 21.6. The SMILES string of the molecule is COc1cc2c(cc1CNC(=O)c1cc(=O)cc(C)o1)OCCO2. The van der Waals surface area contributed by atoms with Crippen LogP contribution in [0, 0.1) is 6.92 Å². The molecule has 0 atom stereocenters. The summed E-state index contributed by atoms with van der Waals surface area (Å²) in [4.78, 5) is 23.6. The quantitative estimate of drug-likeness (QED) is 0.917. The second-order valence-corrected chi connectivity index (χ2v) is 5.26. The lowest BCUT2D eigenvalue weighted by Crippen LogP contribution is -2.24. The molecule has 24 heavy (non-hydrogen) atoms. The van der Waals surface area contributed by atoms with E-state index >= 15 is 0 Å². The van der Waals surface area contributed by atoms with Gasteiger partial charge in [-0.15, -0.1) is 0 Å². The monoisotopic (exact) mass is 331 g/mol. The summed E-state index contributed by atoms with van der Waals surface area (Å²) in [5.41, 5.74) is 0.450. The van der Waals surface area contributed by atoms with Gasteiger partial charge >= 0.3 is 0 Å². The van der Waals surface area contributed by atoms with Crippen LogP contribution in [0.1, 0.15) is 21.9 Å². The molecule has 0 fully saturated rings. The second kappa shape index (κ2) is 6.66. The van der Waals surface area contributed by atoms with Gasteiger partial charge in [-0.05, 0) is 13.0 Å². The zero-order valence-corrected chi connectivity index (χ0v) is 13.4. The van der Waals surface area contributed by atoms with Crippen molar-refractivity contribution >= 4 is 5.91 Å². The number of hydrogen-bond acceptors (Lipinski definition) is 6. The molecule has 7 heteroatoms. The zero-order valence-electron chi connectivity index (χ0n) is 13.4. The third-order valence-electron chi connectivity index (χ3n) is 3.50. The number of rotatable bonds is 4. The van der Waals surface area contributed by atoms with Crippen LogP contribution in [0.3, 0.4) is 0 Å². The van der Waals surface area contributed by atoms with Crippen molar-refractivity contribution in [1.82, 2.24) is 5.32 Å². The van der Waals surface area contributed by atoms with Crippen LogP contribution in [0.4, 0.5) is 0 Å². The van der Waals surface area contributed by atoms with Crippen LogP contribution in [0.15, 0.2) is 33.5 Å². The topological polar surface area (TPSA) is 87.0 Å². The number of aryl methyl sites for hydroxylation is 1. The summed E-state index contributed by atoms with van der Waals surface area (Å²) in [6.07, 6.45) is 0. The maximum absolute atomic E-state index is 12.2. The van der Waals surface area contributed by atoms with Crippen molar-refractivity contribution in [2.45, 2.75) is 13.5 Å². The van der Waals surface area contributed by atoms with Crippen LogP contribution in [-0.4, -0.2) is 26.2 Å². The maximum Gasteiger partial charge on any atom is 0.287 e. The molecule has 1 aromatic carbocycles. The molecule has 0 unspecified atom stereocenters. The molecule has 0 saturated carbocycles. The molecule has 2 heterocycles. The molecule has 7 nitrogen and oxygen atoms in total. The average Bonchev–Trinajstić information content (AvgIpc) is 2.57. The molecule has 3 rings (SSSR count). The second-order valence-electron chi connectivity index (χ2n) is 5.26. The summed E-state index contributed by atoms with van der Waals surface area (Å²) in [6.45, 7) is 2.76. The lowest BCUT2D eigenvalue weighted by molar-refractivity contribution is 0.0918. The summed E-state index contributed by atoms with van der Waals surface area (Å²) in [5.74, 6) is 1.66. The molecule has 0 saturated heterocycles. The number of carbonyl (C=O) groups is 1. The Balaban J connectivity index is 1.78. The fraction of sp³-hybridized carbons (Fsp3) is 0.294. The Hall–Kier alpha value is -2.96. The number of ether oxygens (including phenoxy) is 3. The minimum Gasteiger partial charge on any atom is -0.496 e. The molecule has 0 bridgehead atoms. The summed E-state index contributed by atoms with van der Waals surface area (Å²) in [7, 11) is 1.54. The van der Waals surface area contributed by atoms with E-state index in [0.29, 0.717) is 36.2 Å². The minimum atomic E-state index is -0.479. The number of fused-ring (bicyclic) bond motifs is 1. The highest BCUT2D eigenvalue weighted by Gasteiger charge is 2.17. The molecule has 1 aromatic heterocycles. The van der Waals surface area contributed by atoms with E-state index in [1.54, 1.807) is 19.1 Å². The normalized spacial score (nSPS) is 12.6. The van der Waals surface area contributed by atoms with Crippen molar-refractivity contribution in [2.75, 3.05) is 20.3 Å². The highest BCUT2D eigenvalue weighted by molar-refractivity contribution is 5.91. The number of nitrogens with one attached hydrogen (secondary N) is 1. The van der Waals surface area contributed by atoms with Gasteiger partial charge in [-0.3, -0.25) is 9.59 Å². The van der Waals surface area contributed by atoms with Gasteiger partial charge < -0.3 is 23.9 Å². The lowest BCUT2D eigenvalue weighted by Gasteiger charge is -2.20. The maximum atomic E-state index is 12.2. The Labute approximate surface area is 138 Å². The molecule has 0 radical (unpaired) electrons. The smallest absolute Gasteiger partial charge is 0.287 e. The molecule has 1 N–H and O–H groups in total. The number of amides is 1. The first-order valence-corrected chi connectivity index (χ1v) is 7.43. The van der Waals surface area contributed by atoms with Crippen molar-refractivity contribution in [3.63, 3.8) is 0 Å². The van der Waals surface area contributed by atoms with Gasteiger partial charge in [-0.1, -0.05) is 0 Å². The molecule has 1 amide bonds. The van der Waals surface area contributed by atoms with Crippen LogP contribution in [0.2, 0.25) is 0 Å². The summed E-state index contributed by atoms with van der Waals surface area (Å²) in [6, 6.07) is 5.97. The Bertz CT molecular complexity index is 826. The van der Waals surface area contributed by atoms with Gasteiger partial charge in [0.05, 0.1) is 7.11 Å². The molecule has 1 aliphatic heterocycles. The lowest BCUT2D eigenvalue weighted by atomic mass is 10.1. The van der Waals surface area contributed by atoms with E-state index in [4.69, 9.17) is 18.6 Å². The fourth-order valence-electron chi connectivity index (χ4n) is 2.42. The number of hydrogen-bond donors (Lipinski definition) is 1. The highest BCUT2D eigenvalue weighted by atomic mass is 16.6. The van der Waals surface area contributed by atoms with Crippen molar-refractivity contribution in [1.29, 1.82) is 0 Å². The van der Waals surface area contributed by atoms with Gasteiger partial charge in [0, 0.05) is 30.3 Å². The van der Waals surface area contributed by atoms with Gasteiger partial charge in [0.2, 0.25) is 0 Å². The van der Waals surface area contributed by atoms with E-state index in [0.717, 1.165) is 11.6 Å². The average molecular weight is 331 g/mol. The van der Waals surface area contributed by atoms with Crippen LogP contribution in [0.5, 0.6) is 17.2 Å². The predicted molar refractivity (Wildman–Crippen MR) is 84.9 cm³/mol. The van der Waals surface area contributed by atoms with E-state index in [2.05, 4.69) is 5.32 Å². The summed E-state index contributed by atoms with van der Waals surface area (Å²) >= 11 is 0. The van der Waals surface area contributed by atoms with E-state index in [1.807, 2.05) is 0 Å². The number of carbonyl (C=O) groups excluding carboxylic acids is 1. The number of benzene rings is 1. The minimum absolute atomic E-state index is 0.0310. The molecular weight excluding hydrogens is 314 g/mol. The first-order valence-electron chi connectivity index (χ1n) is 7.43. The first-order chi connectivity index (χ1) is 11.6. The highest BCUT2D eigenvalue weighted by Crippen LogP contribution is 2.36. The Morgan fingerprint density at radius 1 is 1.17 bits per heavy atom. The Morgan fingerprint density at radius 3 is 2.54 bits per heavy atom. The van der Waals surface area contributed by atoms with Crippen molar-refractivity contribution in [2.24, 2.45) is 0 Å².